The van der Waals surface area contributed by atoms with Crippen LogP contribution in [0.3, 0.4) is 0 Å². The van der Waals surface area contributed by atoms with Crippen molar-refractivity contribution in [2.45, 2.75) is 19.9 Å². The van der Waals surface area contributed by atoms with Gasteiger partial charge in [0.05, 0.1) is 11.7 Å². The van der Waals surface area contributed by atoms with Crippen LogP contribution in [0.5, 0.6) is 0 Å². The Morgan fingerprint density at radius 1 is 1.62 bits per heavy atom. The predicted octanol–water partition coefficient (Wildman–Crippen LogP) is 0.947. The zero-order valence-electron chi connectivity index (χ0n) is 7.86. The van der Waals surface area contributed by atoms with Gasteiger partial charge < -0.3 is 0 Å². The van der Waals surface area contributed by atoms with E-state index in [1.54, 1.807) is 6.20 Å². The Morgan fingerprint density at radius 3 is 2.85 bits per heavy atom. The highest BCUT2D eigenvalue weighted by molar-refractivity contribution is 5.14. The number of nitrogens with zero attached hydrogens (tertiary/aromatic N) is 2. The number of hydrogen-bond donors (Lipinski definition) is 2. The molecule has 0 saturated heterocycles. The van der Waals surface area contributed by atoms with Crippen LogP contribution in [-0.4, -0.2) is 9.97 Å². The van der Waals surface area contributed by atoms with Crippen molar-refractivity contribution in [2.75, 3.05) is 0 Å². The lowest BCUT2D eigenvalue weighted by atomic mass is 10.1. The van der Waals surface area contributed by atoms with Crippen LogP contribution in [-0.2, 0) is 0 Å². The average molecular weight is 178 g/mol. The van der Waals surface area contributed by atoms with Crippen LogP contribution in [0.2, 0.25) is 0 Å². The van der Waals surface area contributed by atoms with Gasteiger partial charge in [0.15, 0.2) is 0 Å². The minimum atomic E-state index is -0.0343. The third-order valence-electron chi connectivity index (χ3n) is 1.60. The molecule has 0 aliphatic rings. The van der Waals surface area contributed by atoms with Gasteiger partial charge in [-0.25, -0.2) is 15.4 Å². The third kappa shape index (κ3) is 2.93. The Labute approximate surface area is 77.9 Å². The van der Waals surface area contributed by atoms with Gasteiger partial charge in [0.25, 0.3) is 0 Å². The highest BCUT2D eigenvalue weighted by atomic mass is 15.2. The predicted molar refractivity (Wildman–Crippen MR) is 51.5 cm³/mol. The molecule has 1 unspecified atom stereocenters. The van der Waals surface area contributed by atoms with Gasteiger partial charge in [-0.05, 0) is 19.9 Å². The molecule has 13 heavy (non-hydrogen) atoms. The van der Waals surface area contributed by atoms with Gasteiger partial charge in [0.2, 0.25) is 0 Å². The maximum Gasteiger partial charge on any atom is 0.115 e. The van der Waals surface area contributed by atoms with Gasteiger partial charge in [-0.15, -0.1) is 0 Å². The molecule has 0 aromatic carbocycles. The van der Waals surface area contributed by atoms with Gasteiger partial charge in [-0.1, -0.05) is 11.6 Å². The topological polar surface area (TPSA) is 63.8 Å². The number of nitrogens with one attached hydrogen (secondary N) is 1. The first-order valence-corrected chi connectivity index (χ1v) is 4.11. The average Bonchev–Trinajstić information content (AvgIpc) is 2.15. The second kappa shape index (κ2) is 4.69. The second-order valence-corrected chi connectivity index (χ2v) is 3.02. The molecule has 4 heteroatoms. The van der Waals surface area contributed by atoms with Crippen molar-refractivity contribution in [3.8, 4) is 0 Å². The number of rotatable bonds is 3. The maximum atomic E-state index is 5.40. The van der Waals surface area contributed by atoms with Crippen LogP contribution in [0.1, 0.15) is 25.6 Å². The Balaban J connectivity index is 2.85. The van der Waals surface area contributed by atoms with Crippen LogP contribution in [0.25, 0.3) is 0 Å². The summed E-state index contributed by atoms with van der Waals surface area (Å²) in [5, 5.41) is 0. The summed E-state index contributed by atoms with van der Waals surface area (Å²) < 4.78 is 0. The van der Waals surface area contributed by atoms with E-state index in [4.69, 9.17) is 5.84 Å². The molecule has 0 radical (unpaired) electrons. The Bertz CT molecular complexity index is 277. The Hall–Kier alpha value is -1.26. The summed E-state index contributed by atoms with van der Waals surface area (Å²) in [5.41, 5.74) is 4.75. The molecule has 1 heterocycles. The van der Waals surface area contributed by atoms with Crippen molar-refractivity contribution < 1.29 is 0 Å². The van der Waals surface area contributed by atoms with E-state index in [0.717, 1.165) is 5.69 Å². The van der Waals surface area contributed by atoms with Crippen molar-refractivity contribution in [2.24, 2.45) is 5.84 Å². The monoisotopic (exact) mass is 178 g/mol. The fourth-order valence-corrected chi connectivity index (χ4v) is 1.04. The van der Waals surface area contributed by atoms with Gasteiger partial charge in [-0.2, -0.15) is 0 Å². The molecule has 0 aliphatic carbocycles. The molecule has 1 rings (SSSR count). The number of hydrazine groups is 1. The molecule has 0 bridgehead atoms. The van der Waals surface area contributed by atoms with Crippen molar-refractivity contribution in [1.29, 1.82) is 0 Å². The summed E-state index contributed by atoms with van der Waals surface area (Å²) >= 11 is 0. The van der Waals surface area contributed by atoms with E-state index in [0.29, 0.717) is 0 Å². The highest BCUT2D eigenvalue weighted by Crippen LogP contribution is 2.10. The van der Waals surface area contributed by atoms with E-state index >= 15 is 0 Å². The molecular formula is C9H14N4. The largest absolute Gasteiger partial charge is 0.271 e. The number of hydrogen-bond acceptors (Lipinski definition) is 4. The summed E-state index contributed by atoms with van der Waals surface area (Å²) in [6.07, 6.45) is 5.23. The maximum absolute atomic E-state index is 5.40. The van der Waals surface area contributed by atoms with Crippen molar-refractivity contribution in [1.82, 2.24) is 15.4 Å². The summed E-state index contributed by atoms with van der Waals surface area (Å²) in [6.45, 7) is 4.04. The number of aromatic nitrogens is 2. The molecule has 4 nitrogen and oxygen atoms in total. The van der Waals surface area contributed by atoms with Gasteiger partial charge in [0, 0.05) is 6.20 Å². The molecule has 1 aromatic rings. The quantitative estimate of drug-likeness (QED) is 0.411. The van der Waals surface area contributed by atoms with E-state index in [1.807, 2.05) is 26.0 Å². The zero-order valence-corrected chi connectivity index (χ0v) is 7.86. The second-order valence-electron chi connectivity index (χ2n) is 3.02. The first-order valence-electron chi connectivity index (χ1n) is 4.11. The van der Waals surface area contributed by atoms with Gasteiger partial charge in [0.1, 0.15) is 6.33 Å². The molecule has 0 saturated carbocycles. The van der Waals surface area contributed by atoms with E-state index in [9.17, 15) is 0 Å². The van der Waals surface area contributed by atoms with Crippen LogP contribution in [0, 0.1) is 0 Å². The fraction of sp³-hybridized carbons (Fsp3) is 0.333. The highest BCUT2D eigenvalue weighted by Gasteiger charge is 2.05. The van der Waals surface area contributed by atoms with Crippen molar-refractivity contribution in [3.63, 3.8) is 0 Å². The number of nitrogens with two attached hydrogens (primary N) is 1. The van der Waals surface area contributed by atoms with Crippen LogP contribution in [0.15, 0.2) is 30.2 Å². The summed E-state index contributed by atoms with van der Waals surface area (Å²) in [6, 6.07) is 1.80. The molecule has 1 atom stereocenters. The summed E-state index contributed by atoms with van der Waals surface area (Å²) in [4.78, 5) is 7.95. The first kappa shape index (κ1) is 9.83. The lowest BCUT2D eigenvalue weighted by molar-refractivity contribution is 0.633. The lowest BCUT2D eigenvalue weighted by Gasteiger charge is -2.10. The molecule has 0 spiro atoms. The van der Waals surface area contributed by atoms with E-state index < -0.39 is 0 Å². The van der Waals surface area contributed by atoms with Crippen molar-refractivity contribution in [3.05, 3.63) is 35.9 Å². The van der Waals surface area contributed by atoms with Crippen LogP contribution in [0.4, 0.5) is 0 Å². The molecule has 1 aromatic heterocycles. The normalized spacial score (nSPS) is 12.2. The summed E-state index contributed by atoms with van der Waals surface area (Å²) in [7, 11) is 0. The van der Waals surface area contributed by atoms with E-state index in [2.05, 4.69) is 15.4 Å². The number of allylic oxidation sites excluding steroid dienone is 1. The Morgan fingerprint density at radius 2 is 2.38 bits per heavy atom. The minimum Gasteiger partial charge on any atom is -0.271 e. The van der Waals surface area contributed by atoms with Crippen LogP contribution < -0.4 is 11.3 Å². The SMILES string of the molecule is CC(C)=CC(NN)c1ccncn1. The smallest absolute Gasteiger partial charge is 0.115 e. The lowest BCUT2D eigenvalue weighted by Crippen LogP contribution is -2.27. The fourth-order valence-electron chi connectivity index (χ4n) is 1.04. The van der Waals surface area contributed by atoms with Crippen LogP contribution >= 0.6 is 0 Å². The molecule has 0 amide bonds. The molecule has 0 fully saturated rings. The van der Waals surface area contributed by atoms with E-state index in [1.165, 1.54) is 11.9 Å². The summed E-state index contributed by atoms with van der Waals surface area (Å²) in [5.74, 6) is 5.40. The molecular weight excluding hydrogens is 164 g/mol. The first-order chi connectivity index (χ1) is 6.24. The molecule has 3 N–H and O–H groups in total. The van der Waals surface area contributed by atoms with Gasteiger partial charge >= 0.3 is 0 Å². The molecule has 0 aliphatic heterocycles. The third-order valence-corrected chi connectivity index (χ3v) is 1.60. The standard InChI is InChI=1S/C9H14N4/c1-7(2)5-9(13-10)8-3-4-11-6-12-8/h3-6,9,13H,10H2,1-2H3. The van der Waals surface area contributed by atoms with Crippen molar-refractivity contribution >= 4 is 0 Å². The Kier molecular flexibility index (Phi) is 3.54. The van der Waals surface area contributed by atoms with E-state index in [-0.39, 0.29) is 6.04 Å². The zero-order chi connectivity index (χ0) is 9.68. The molecule has 70 valence electrons. The van der Waals surface area contributed by atoms with Gasteiger partial charge in [-0.3, -0.25) is 5.84 Å². The minimum absolute atomic E-state index is 0.0343.